The molecule has 0 aromatic rings. The maximum atomic E-state index is 10.5. The van der Waals surface area contributed by atoms with E-state index >= 15 is 0 Å². The number of carbonyl (C=O) groups excluding carboxylic acids is 1. The average molecular weight is 140 g/mol. The van der Waals surface area contributed by atoms with Crippen LogP contribution in [0.2, 0.25) is 0 Å². The van der Waals surface area contributed by atoms with Crippen LogP contribution in [0.4, 0.5) is 0 Å². The normalized spacial score (nSPS) is 12.3. The summed E-state index contributed by atoms with van der Waals surface area (Å²) in [6, 6.07) is 0. The first-order valence-corrected chi connectivity index (χ1v) is 3.70. The van der Waals surface area contributed by atoms with Gasteiger partial charge in [0.15, 0.2) is 0 Å². The van der Waals surface area contributed by atoms with Crippen molar-refractivity contribution >= 4 is 5.78 Å². The quantitative estimate of drug-likeness (QED) is 0.551. The van der Waals surface area contributed by atoms with E-state index in [1.165, 1.54) is 5.57 Å². The number of hydrogen-bond donors (Lipinski definition) is 0. The van der Waals surface area contributed by atoms with Crippen LogP contribution in [-0.4, -0.2) is 5.78 Å². The van der Waals surface area contributed by atoms with Crippen LogP contribution in [0.15, 0.2) is 11.6 Å². The predicted octanol–water partition coefficient (Wildman–Crippen LogP) is 2.57. The molecule has 0 aromatic carbocycles. The van der Waals surface area contributed by atoms with Gasteiger partial charge in [0.2, 0.25) is 0 Å². The molecule has 0 bridgehead atoms. The highest BCUT2D eigenvalue weighted by atomic mass is 16.1. The molecular formula is C9H16O. The van der Waals surface area contributed by atoms with E-state index in [4.69, 9.17) is 0 Å². The summed E-state index contributed by atoms with van der Waals surface area (Å²) >= 11 is 0. The minimum absolute atomic E-state index is 0.236. The Bertz CT molecular complexity index is 143. The van der Waals surface area contributed by atoms with Crippen molar-refractivity contribution in [3.05, 3.63) is 11.6 Å². The standard InChI is InChI=1S/C9H16O/c1-7(2)8(3)5-6-9(4)10/h5,7H,6H2,1-4H3/b8-5+. The number of hydrogen-bond acceptors (Lipinski definition) is 1. The van der Waals surface area contributed by atoms with Crippen LogP contribution < -0.4 is 0 Å². The molecule has 0 aliphatic carbocycles. The molecule has 0 spiro atoms. The molecule has 0 rings (SSSR count). The predicted molar refractivity (Wildman–Crippen MR) is 43.9 cm³/mol. The molecule has 0 radical (unpaired) electrons. The molecule has 0 amide bonds. The lowest BCUT2D eigenvalue weighted by molar-refractivity contribution is -0.116. The molecule has 0 unspecified atom stereocenters. The third-order valence-corrected chi connectivity index (χ3v) is 1.62. The van der Waals surface area contributed by atoms with Crippen molar-refractivity contribution in [1.29, 1.82) is 0 Å². The summed E-state index contributed by atoms with van der Waals surface area (Å²) in [6.07, 6.45) is 2.59. The first kappa shape index (κ1) is 9.41. The summed E-state index contributed by atoms with van der Waals surface area (Å²) in [5.74, 6) is 0.805. The summed E-state index contributed by atoms with van der Waals surface area (Å²) in [6.45, 7) is 7.94. The molecule has 0 saturated carbocycles. The third kappa shape index (κ3) is 4.30. The molecule has 58 valence electrons. The van der Waals surface area contributed by atoms with E-state index < -0.39 is 0 Å². The van der Waals surface area contributed by atoms with E-state index in [2.05, 4.69) is 20.8 Å². The Hall–Kier alpha value is -0.590. The van der Waals surface area contributed by atoms with Crippen molar-refractivity contribution in [3.63, 3.8) is 0 Å². The molecular weight excluding hydrogens is 124 g/mol. The highest BCUT2D eigenvalue weighted by molar-refractivity contribution is 5.77. The molecule has 0 aliphatic rings. The monoisotopic (exact) mass is 140 g/mol. The van der Waals surface area contributed by atoms with Crippen molar-refractivity contribution in [2.45, 2.75) is 34.1 Å². The van der Waals surface area contributed by atoms with Crippen molar-refractivity contribution in [2.75, 3.05) is 0 Å². The Morgan fingerprint density at radius 3 is 2.20 bits per heavy atom. The molecule has 0 atom stereocenters. The maximum absolute atomic E-state index is 10.5. The average Bonchev–Trinajstić information content (AvgIpc) is 1.82. The summed E-state index contributed by atoms with van der Waals surface area (Å²) in [7, 11) is 0. The summed E-state index contributed by atoms with van der Waals surface area (Å²) in [5.41, 5.74) is 1.30. The smallest absolute Gasteiger partial charge is 0.133 e. The van der Waals surface area contributed by atoms with Gasteiger partial charge >= 0.3 is 0 Å². The number of rotatable bonds is 3. The fourth-order valence-electron chi connectivity index (χ4n) is 0.540. The van der Waals surface area contributed by atoms with Crippen LogP contribution in [0.1, 0.15) is 34.1 Å². The number of carbonyl (C=O) groups is 1. The molecule has 0 aromatic heterocycles. The minimum atomic E-state index is 0.236. The van der Waals surface area contributed by atoms with Crippen molar-refractivity contribution in [3.8, 4) is 0 Å². The van der Waals surface area contributed by atoms with Crippen LogP contribution in [0.25, 0.3) is 0 Å². The van der Waals surface area contributed by atoms with Gasteiger partial charge in [0.05, 0.1) is 0 Å². The number of ketones is 1. The Morgan fingerprint density at radius 2 is 1.90 bits per heavy atom. The van der Waals surface area contributed by atoms with E-state index in [-0.39, 0.29) is 5.78 Å². The third-order valence-electron chi connectivity index (χ3n) is 1.62. The van der Waals surface area contributed by atoms with Gasteiger partial charge in [-0.1, -0.05) is 25.5 Å². The Morgan fingerprint density at radius 1 is 1.40 bits per heavy atom. The fraction of sp³-hybridized carbons (Fsp3) is 0.667. The lowest BCUT2D eigenvalue weighted by Gasteiger charge is -2.02. The summed E-state index contributed by atoms with van der Waals surface area (Å²) in [4.78, 5) is 10.5. The van der Waals surface area contributed by atoms with Crippen molar-refractivity contribution in [1.82, 2.24) is 0 Å². The number of allylic oxidation sites excluding steroid dienone is 2. The molecule has 0 aliphatic heterocycles. The van der Waals surface area contributed by atoms with Gasteiger partial charge in [-0.15, -0.1) is 0 Å². The van der Waals surface area contributed by atoms with Crippen LogP contribution in [0.3, 0.4) is 0 Å². The maximum Gasteiger partial charge on any atom is 0.133 e. The first-order valence-electron chi connectivity index (χ1n) is 3.70. The van der Waals surface area contributed by atoms with Gasteiger partial charge in [0.1, 0.15) is 5.78 Å². The molecule has 0 heterocycles. The van der Waals surface area contributed by atoms with Gasteiger partial charge in [-0.25, -0.2) is 0 Å². The molecule has 1 nitrogen and oxygen atoms in total. The van der Waals surface area contributed by atoms with Gasteiger partial charge in [-0.3, -0.25) is 4.79 Å². The zero-order valence-electron chi connectivity index (χ0n) is 7.27. The van der Waals surface area contributed by atoms with E-state index in [1.54, 1.807) is 6.92 Å². The highest BCUT2D eigenvalue weighted by Crippen LogP contribution is 2.08. The Labute approximate surface area is 63.1 Å². The van der Waals surface area contributed by atoms with E-state index in [1.807, 2.05) is 6.08 Å². The minimum Gasteiger partial charge on any atom is -0.300 e. The van der Waals surface area contributed by atoms with Gasteiger partial charge in [-0.2, -0.15) is 0 Å². The highest BCUT2D eigenvalue weighted by Gasteiger charge is 1.95. The molecule has 0 fully saturated rings. The Kier molecular flexibility index (Phi) is 4.01. The molecule has 10 heavy (non-hydrogen) atoms. The van der Waals surface area contributed by atoms with Gasteiger partial charge in [0, 0.05) is 6.42 Å². The zero-order chi connectivity index (χ0) is 8.15. The van der Waals surface area contributed by atoms with Crippen LogP contribution in [0.5, 0.6) is 0 Å². The van der Waals surface area contributed by atoms with Gasteiger partial charge in [0.25, 0.3) is 0 Å². The largest absolute Gasteiger partial charge is 0.300 e. The second-order valence-electron chi connectivity index (χ2n) is 3.01. The summed E-state index contributed by atoms with van der Waals surface area (Å²) in [5, 5.41) is 0. The van der Waals surface area contributed by atoms with Crippen LogP contribution in [-0.2, 0) is 4.79 Å². The lowest BCUT2D eigenvalue weighted by atomic mass is 10.0. The lowest BCUT2D eigenvalue weighted by Crippen LogP contribution is -1.91. The van der Waals surface area contributed by atoms with E-state index in [0.717, 1.165) is 0 Å². The van der Waals surface area contributed by atoms with E-state index in [9.17, 15) is 4.79 Å². The number of Topliss-reactive ketones (excluding diaryl/α,β-unsaturated/α-hetero) is 1. The van der Waals surface area contributed by atoms with Crippen LogP contribution in [0, 0.1) is 5.92 Å². The molecule has 0 saturated heterocycles. The van der Waals surface area contributed by atoms with E-state index in [0.29, 0.717) is 12.3 Å². The first-order chi connectivity index (χ1) is 4.54. The van der Waals surface area contributed by atoms with Crippen molar-refractivity contribution in [2.24, 2.45) is 5.92 Å². The Balaban J connectivity index is 3.80. The summed E-state index contributed by atoms with van der Waals surface area (Å²) < 4.78 is 0. The fourth-order valence-corrected chi connectivity index (χ4v) is 0.540. The second-order valence-corrected chi connectivity index (χ2v) is 3.01. The second kappa shape index (κ2) is 4.26. The van der Waals surface area contributed by atoms with Crippen LogP contribution >= 0.6 is 0 Å². The topological polar surface area (TPSA) is 17.1 Å². The molecule has 1 heteroatoms. The molecule has 0 N–H and O–H groups in total. The van der Waals surface area contributed by atoms with Gasteiger partial charge < -0.3 is 0 Å². The van der Waals surface area contributed by atoms with Crippen molar-refractivity contribution < 1.29 is 4.79 Å². The zero-order valence-corrected chi connectivity index (χ0v) is 7.27. The van der Waals surface area contributed by atoms with Gasteiger partial charge in [-0.05, 0) is 19.8 Å². The SMILES string of the molecule is CC(=O)C/C=C(\C)C(C)C.